The molecule has 1 aromatic carbocycles. The Morgan fingerprint density at radius 2 is 1.91 bits per heavy atom. The average Bonchev–Trinajstić information content (AvgIpc) is 3.00. The topological polar surface area (TPSA) is 156 Å². The molecule has 10 nitrogen and oxygen atoms in total. The standard InChI is InChI=1S/C21H22N6O4S/c1-13-18(15-7-5-14(11-22)6-8-15)19(28)27(25-13)17-10-9-16(12-24-17)32(23,30)26-20(29)31-21(2,3)4/h5-10,12,25H,1-4H3,(H2,23,26,29,30). The molecule has 3 N–H and O–H groups in total. The largest absolute Gasteiger partial charge is 0.443 e. The van der Waals surface area contributed by atoms with Crippen molar-refractivity contribution in [3.63, 3.8) is 0 Å². The molecule has 32 heavy (non-hydrogen) atoms. The number of H-pyrrole nitrogens is 1. The third-order valence-electron chi connectivity index (χ3n) is 4.27. The molecule has 0 bridgehead atoms. The number of carbonyl (C=O) groups excluding carboxylic acids is 1. The molecule has 1 atom stereocenters. The minimum absolute atomic E-state index is 0.00996. The lowest BCUT2D eigenvalue weighted by molar-refractivity contribution is 0.0607. The monoisotopic (exact) mass is 454 g/mol. The Morgan fingerprint density at radius 3 is 2.44 bits per heavy atom. The first-order valence-electron chi connectivity index (χ1n) is 9.48. The number of pyridine rings is 1. The molecule has 0 radical (unpaired) electrons. The smallest absolute Gasteiger partial charge is 0.442 e. The van der Waals surface area contributed by atoms with Crippen molar-refractivity contribution in [2.75, 3.05) is 0 Å². The van der Waals surface area contributed by atoms with Crippen molar-refractivity contribution >= 4 is 16.0 Å². The summed E-state index contributed by atoms with van der Waals surface area (Å²) in [5.74, 6) is 0.231. The van der Waals surface area contributed by atoms with Crippen molar-refractivity contribution < 1.29 is 13.7 Å². The molecule has 1 amide bonds. The van der Waals surface area contributed by atoms with Gasteiger partial charge in [0.2, 0.25) is 0 Å². The van der Waals surface area contributed by atoms with Crippen molar-refractivity contribution in [1.29, 1.82) is 5.26 Å². The van der Waals surface area contributed by atoms with Crippen LogP contribution >= 0.6 is 0 Å². The molecule has 0 aliphatic carbocycles. The predicted octanol–water partition coefficient (Wildman–Crippen LogP) is 3.04. The van der Waals surface area contributed by atoms with E-state index < -0.39 is 21.6 Å². The highest BCUT2D eigenvalue weighted by molar-refractivity contribution is 7.91. The molecule has 2 aromatic heterocycles. The zero-order valence-electron chi connectivity index (χ0n) is 17.9. The minimum atomic E-state index is -3.58. The Bertz CT molecular complexity index is 1380. The fourth-order valence-corrected chi connectivity index (χ4v) is 3.71. The summed E-state index contributed by atoms with van der Waals surface area (Å²) >= 11 is 0. The van der Waals surface area contributed by atoms with Gasteiger partial charge in [0.25, 0.3) is 5.56 Å². The van der Waals surface area contributed by atoms with E-state index in [1.807, 2.05) is 6.07 Å². The fraction of sp³-hybridized carbons (Fsp3) is 0.238. The zero-order valence-corrected chi connectivity index (χ0v) is 18.8. The second kappa shape index (κ2) is 8.41. The van der Waals surface area contributed by atoms with Gasteiger partial charge in [0, 0.05) is 11.9 Å². The molecule has 0 aliphatic rings. The Hall–Kier alpha value is -3.75. The number of aryl methyl sites for hydroxylation is 1. The number of aromatic nitrogens is 3. The van der Waals surface area contributed by atoms with Gasteiger partial charge >= 0.3 is 6.09 Å². The fourth-order valence-electron chi connectivity index (χ4n) is 2.88. The molecule has 0 fully saturated rings. The molecule has 0 spiro atoms. The summed E-state index contributed by atoms with van der Waals surface area (Å²) in [6.45, 7) is 6.69. The summed E-state index contributed by atoms with van der Waals surface area (Å²) in [5, 5.41) is 17.6. The summed E-state index contributed by atoms with van der Waals surface area (Å²) in [5.41, 5.74) is 1.02. The maximum Gasteiger partial charge on any atom is 0.443 e. The van der Waals surface area contributed by atoms with Crippen LogP contribution in [0.25, 0.3) is 16.9 Å². The second-order valence-corrected chi connectivity index (χ2v) is 9.73. The van der Waals surface area contributed by atoms with Crippen molar-refractivity contribution in [3.05, 3.63) is 64.2 Å². The molecular formula is C21H22N6O4S. The van der Waals surface area contributed by atoms with Gasteiger partial charge in [0.15, 0.2) is 5.82 Å². The first-order valence-corrected chi connectivity index (χ1v) is 11.1. The first kappa shape index (κ1) is 22.9. The van der Waals surface area contributed by atoms with Crippen molar-refractivity contribution in [3.8, 4) is 23.0 Å². The SMILES string of the molecule is Cc1[nH]n(-c2ccc(S(N)(=O)=NC(=O)OC(C)(C)C)cn2)c(=O)c1-c1ccc(C#N)cc1. The lowest BCUT2D eigenvalue weighted by Crippen LogP contribution is -2.24. The highest BCUT2D eigenvalue weighted by Crippen LogP contribution is 2.20. The van der Waals surface area contributed by atoms with E-state index in [0.717, 1.165) is 0 Å². The number of carbonyl (C=O) groups is 1. The predicted molar refractivity (Wildman–Crippen MR) is 118 cm³/mol. The van der Waals surface area contributed by atoms with E-state index in [0.29, 0.717) is 22.4 Å². The van der Waals surface area contributed by atoms with Gasteiger partial charge in [0.05, 0.1) is 22.1 Å². The number of ether oxygens (including phenoxy) is 1. The van der Waals surface area contributed by atoms with E-state index in [2.05, 4.69) is 14.4 Å². The molecule has 0 aliphatic heterocycles. The van der Waals surface area contributed by atoms with E-state index in [-0.39, 0.29) is 16.3 Å². The Labute approximate surface area is 185 Å². The van der Waals surface area contributed by atoms with E-state index >= 15 is 0 Å². The molecule has 11 heteroatoms. The summed E-state index contributed by atoms with van der Waals surface area (Å²) in [6, 6.07) is 11.5. The molecule has 3 aromatic rings. The van der Waals surface area contributed by atoms with Crippen LogP contribution < -0.4 is 10.7 Å². The van der Waals surface area contributed by atoms with Crippen LogP contribution in [0.4, 0.5) is 4.79 Å². The summed E-state index contributed by atoms with van der Waals surface area (Å²) < 4.78 is 22.4. The van der Waals surface area contributed by atoms with E-state index in [1.165, 1.54) is 23.0 Å². The number of hydrogen-bond acceptors (Lipinski definition) is 6. The van der Waals surface area contributed by atoms with Crippen LogP contribution in [-0.4, -0.2) is 30.7 Å². The number of benzene rings is 1. The third kappa shape index (κ3) is 4.93. The normalized spacial score (nSPS) is 13.1. The molecule has 2 heterocycles. The molecule has 0 saturated heterocycles. The molecular weight excluding hydrogens is 432 g/mol. The number of nitrogens with two attached hydrogens (primary N) is 1. The van der Waals surface area contributed by atoms with Crippen LogP contribution in [0, 0.1) is 18.3 Å². The highest BCUT2D eigenvalue weighted by Gasteiger charge is 2.19. The highest BCUT2D eigenvalue weighted by atomic mass is 32.2. The van der Waals surface area contributed by atoms with E-state index in [9.17, 15) is 13.8 Å². The number of hydrogen-bond donors (Lipinski definition) is 2. The second-order valence-electron chi connectivity index (χ2n) is 7.93. The number of nitriles is 1. The van der Waals surface area contributed by atoms with E-state index in [1.54, 1.807) is 52.0 Å². The summed E-state index contributed by atoms with van der Waals surface area (Å²) in [4.78, 5) is 29.0. The Balaban J connectivity index is 1.95. The van der Waals surface area contributed by atoms with Gasteiger partial charge in [-0.2, -0.15) is 5.26 Å². The van der Waals surface area contributed by atoms with Gasteiger partial charge < -0.3 is 4.74 Å². The third-order valence-corrected chi connectivity index (χ3v) is 5.60. The molecule has 166 valence electrons. The van der Waals surface area contributed by atoms with Gasteiger partial charge in [0.1, 0.15) is 15.5 Å². The quantitative estimate of drug-likeness (QED) is 0.619. The molecule has 1 unspecified atom stereocenters. The van der Waals surface area contributed by atoms with Gasteiger partial charge in [-0.25, -0.2) is 23.8 Å². The van der Waals surface area contributed by atoms with Gasteiger partial charge in [-0.15, -0.1) is 4.36 Å². The Kier molecular flexibility index (Phi) is 6.03. The van der Waals surface area contributed by atoms with Crippen LogP contribution in [0.1, 0.15) is 32.0 Å². The average molecular weight is 455 g/mol. The zero-order chi connectivity index (χ0) is 23.7. The number of rotatable bonds is 3. The minimum Gasteiger partial charge on any atom is -0.442 e. The number of amides is 1. The first-order chi connectivity index (χ1) is 14.9. The van der Waals surface area contributed by atoms with Crippen molar-refractivity contribution in [2.45, 2.75) is 38.2 Å². The van der Waals surface area contributed by atoms with Gasteiger partial charge in [-0.3, -0.25) is 9.89 Å². The van der Waals surface area contributed by atoms with Crippen LogP contribution in [0.15, 0.2) is 56.6 Å². The summed E-state index contributed by atoms with van der Waals surface area (Å²) in [7, 11) is -3.58. The molecule has 0 saturated carbocycles. The molecule has 3 rings (SSSR count). The van der Waals surface area contributed by atoms with Crippen LogP contribution in [0.5, 0.6) is 0 Å². The maximum absolute atomic E-state index is 13.0. The number of nitrogens with one attached hydrogen (secondary N) is 1. The van der Waals surface area contributed by atoms with Crippen LogP contribution in [0.3, 0.4) is 0 Å². The van der Waals surface area contributed by atoms with Gasteiger partial charge in [-0.05, 0) is 57.5 Å². The van der Waals surface area contributed by atoms with Crippen molar-refractivity contribution in [1.82, 2.24) is 14.8 Å². The van der Waals surface area contributed by atoms with Crippen LogP contribution in [0.2, 0.25) is 0 Å². The van der Waals surface area contributed by atoms with E-state index in [4.69, 9.17) is 15.1 Å². The van der Waals surface area contributed by atoms with Crippen LogP contribution in [-0.2, 0) is 14.7 Å². The van der Waals surface area contributed by atoms with Gasteiger partial charge in [-0.1, -0.05) is 12.1 Å². The summed E-state index contributed by atoms with van der Waals surface area (Å²) in [6.07, 6.45) is 0.146. The lowest BCUT2D eigenvalue weighted by Gasteiger charge is -2.17. The maximum atomic E-state index is 13.0. The van der Waals surface area contributed by atoms with Crippen molar-refractivity contribution in [2.24, 2.45) is 9.50 Å². The number of aromatic amines is 1. The number of nitrogens with zero attached hydrogens (tertiary/aromatic N) is 4. The lowest BCUT2D eigenvalue weighted by atomic mass is 10.1. The Morgan fingerprint density at radius 1 is 1.25 bits per heavy atom.